The Balaban J connectivity index is 1.19. The summed E-state index contributed by atoms with van der Waals surface area (Å²) in [6, 6.07) is -4.78. The number of rotatable bonds is 29. The van der Waals surface area contributed by atoms with Crippen molar-refractivity contribution in [2.45, 2.75) is 254 Å². The highest BCUT2D eigenvalue weighted by Crippen LogP contribution is 2.41. The molecule has 96 heavy (non-hydrogen) atoms. The molecule has 0 radical (unpaired) electrons. The summed E-state index contributed by atoms with van der Waals surface area (Å²) >= 11 is 0. The predicted molar refractivity (Wildman–Crippen MR) is 295 cm³/mol. The van der Waals surface area contributed by atoms with Gasteiger partial charge < -0.3 is 195 Å². The first kappa shape index (κ1) is 79.8. The fourth-order valence-corrected chi connectivity index (χ4v) is 12.0. The molecule has 7 aliphatic heterocycles. The van der Waals surface area contributed by atoms with Gasteiger partial charge in [0.2, 0.25) is 18.2 Å². The molecular weight excluding hydrogens is 1320 g/mol. The second-order valence-electron chi connectivity index (χ2n) is 23.9. The number of ether oxygens (including phenoxy) is 14. The third-order valence-electron chi connectivity index (χ3n) is 17.2. The zero-order chi connectivity index (χ0) is 71.1. The van der Waals surface area contributed by atoms with Gasteiger partial charge in [0.05, 0.1) is 77.1 Å². The number of carboxylic acids is 1. The maximum atomic E-state index is 13.4. The van der Waals surface area contributed by atoms with Crippen LogP contribution in [-0.4, -0.2) is 416 Å². The standard InChI is InChI=1S/C53H89N3O40/c1-14-27(69)32(74)34(76)48(84-14)92-42-26(56-16(3)66)46(88-24(11-63)40(42)91-51-38(80)45(31(73)22(9-61)87-51)96-53(52(81)82)4-18(67)25(55-15(2)65)41(95-53)28(70)19(68)6-58)93-43-29(71)20(7-59)86-50(36(43)78)94-44-30(72)21(8-60)85-49(37(44)79)90-39-23(10-62)89-47(35(77)33(39)75)83-12-17(5-57)54-13-64/h13-14,17-51,57-63,67-80H,4-12H2,1-3H3,(H,54,64)(H,55,65)(H,56,66)(H,81,82)/t14-,17+,18-,19+,20+,21+,22+,23+,24+,25+,26+,27+,28+,29-,30-,31-,32+,33+,34-,35+,36+,37+,38+,39+,40+,41+,42+,43-,44-,45-,46-,47+,48-,49-,50+,51-,53-/m0/s1. The summed E-state index contributed by atoms with van der Waals surface area (Å²) in [6.45, 7) is -4.90. The van der Waals surface area contributed by atoms with E-state index < -0.39 is 304 Å². The van der Waals surface area contributed by atoms with Crippen LogP contribution in [0.2, 0.25) is 0 Å². The molecule has 7 aliphatic rings. The molecule has 0 aromatic rings. The molecule has 25 N–H and O–H groups in total. The maximum absolute atomic E-state index is 13.4. The van der Waals surface area contributed by atoms with E-state index in [1.807, 2.05) is 0 Å². The molecule has 0 aromatic heterocycles. The molecule has 0 bridgehead atoms. The van der Waals surface area contributed by atoms with Gasteiger partial charge in [-0.1, -0.05) is 0 Å². The van der Waals surface area contributed by atoms with Crippen LogP contribution in [0.3, 0.4) is 0 Å². The van der Waals surface area contributed by atoms with E-state index in [0.29, 0.717) is 0 Å². The lowest BCUT2D eigenvalue weighted by molar-refractivity contribution is -0.401. The topological polar surface area (TPSA) is 679 Å². The number of carbonyl (C=O) groups excluding carboxylic acids is 3. The fraction of sp³-hybridized carbons (Fsp3) is 0.925. The van der Waals surface area contributed by atoms with E-state index in [2.05, 4.69) is 16.0 Å². The SMILES string of the molecule is CC(=O)N[C@H]1[C@H](O[C@H]2[C@@H](O)[C@@H](CO)O[C@H](O[C@H]3[C@@H](O)[C@@H](CO)O[C@@H](O[C@H]4[C@H](O)[C@@H](O)[C@H](OC[C@@H](CO)NC=O)O[C@@H]4CO)[C@@H]3O)[C@@H]2O)O[C@H](CO)[C@@H](O[C@@H]2O[C@H](CO)[C@H](O)[C@H](O[C@]3(C(=O)O)C[C@H](O)[C@@H](NC(C)=O)[C@H]([C@H](O)[C@H](O)CO)O3)[C@H]2O)[C@@H]1O[C@@H]1O[C@@H](C)[C@@H](O)[C@@H](O)[C@@H]1O. The van der Waals surface area contributed by atoms with Gasteiger partial charge in [-0.25, -0.2) is 4.79 Å². The molecule has 3 amide bonds. The van der Waals surface area contributed by atoms with Crippen LogP contribution in [-0.2, 0) is 85.5 Å². The summed E-state index contributed by atoms with van der Waals surface area (Å²) in [5.74, 6) is -7.32. The molecule has 43 heteroatoms. The summed E-state index contributed by atoms with van der Waals surface area (Å²) in [4.78, 5) is 49.7. The minimum Gasteiger partial charge on any atom is -0.477 e. The first-order valence-corrected chi connectivity index (χ1v) is 30.3. The number of hydrogen-bond donors (Lipinski definition) is 25. The molecule has 0 aromatic carbocycles. The van der Waals surface area contributed by atoms with E-state index in [4.69, 9.17) is 66.3 Å². The van der Waals surface area contributed by atoms with Gasteiger partial charge in [-0.05, 0) is 6.92 Å². The van der Waals surface area contributed by atoms with Gasteiger partial charge in [-0.15, -0.1) is 0 Å². The van der Waals surface area contributed by atoms with Crippen LogP contribution in [0.5, 0.6) is 0 Å². The van der Waals surface area contributed by atoms with Crippen LogP contribution in [0.25, 0.3) is 0 Å². The Bertz CT molecular complexity index is 2460. The quantitative estimate of drug-likeness (QED) is 0.0309. The number of aliphatic hydroxyl groups excluding tert-OH is 21. The first-order chi connectivity index (χ1) is 45.4. The predicted octanol–water partition coefficient (Wildman–Crippen LogP) is -16.6. The van der Waals surface area contributed by atoms with Crippen molar-refractivity contribution in [2.75, 3.05) is 52.9 Å². The molecule has 43 nitrogen and oxygen atoms in total. The van der Waals surface area contributed by atoms with Crippen molar-refractivity contribution >= 4 is 24.2 Å². The molecule has 0 saturated carbocycles. The molecule has 7 heterocycles. The third-order valence-corrected chi connectivity index (χ3v) is 17.2. The monoisotopic (exact) mass is 1410 g/mol. The lowest BCUT2D eigenvalue weighted by Crippen LogP contribution is -2.72. The molecule has 0 spiro atoms. The highest BCUT2D eigenvalue weighted by Gasteiger charge is 2.62. The summed E-state index contributed by atoms with van der Waals surface area (Å²) in [7, 11) is 0. The van der Waals surface area contributed by atoms with Crippen molar-refractivity contribution in [3.63, 3.8) is 0 Å². The van der Waals surface area contributed by atoms with Crippen molar-refractivity contribution in [2.24, 2.45) is 0 Å². The third kappa shape index (κ3) is 17.5. The Labute approximate surface area is 543 Å². The van der Waals surface area contributed by atoms with Crippen molar-refractivity contribution in [1.82, 2.24) is 16.0 Å². The van der Waals surface area contributed by atoms with Crippen LogP contribution in [0.4, 0.5) is 0 Å². The van der Waals surface area contributed by atoms with E-state index in [9.17, 15) is 132 Å². The number of hydrogen-bond acceptors (Lipinski definition) is 39. The number of aliphatic hydroxyl groups is 21. The van der Waals surface area contributed by atoms with Gasteiger partial charge in [0.15, 0.2) is 37.7 Å². The number of carboxylic acid groups (broad SMARTS) is 1. The molecule has 7 fully saturated rings. The van der Waals surface area contributed by atoms with Crippen LogP contribution in [0, 0.1) is 0 Å². The lowest BCUT2D eigenvalue weighted by Gasteiger charge is -2.52. The molecule has 0 aliphatic carbocycles. The number of amides is 3. The second-order valence-corrected chi connectivity index (χ2v) is 23.9. The van der Waals surface area contributed by atoms with E-state index in [1.165, 1.54) is 6.92 Å². The molecule has 7 rings (SSSR count). The van der Waals surface area contributed by atoms with Gasteiger partial charge in [-0.3, -0.25) is 14.4 Å². The number of carbonyl (C=O) groups is 4. The summed E-state index contributed by atoms with van der Waals surface area (Å²) in [5.41, 5.74) is 0. The van der Waals surface area contributed by atoms with E-state index in [0.717, 1.165) is 13.8 Å². The first-order valence-electron chi connectivity index (χ1n) is 30.3. The minimum atomic E-state index is -3.30. The second kappa shape index (κ2) is 34.9. The van der Waals surface area contributed by atoms with Gasteiger partial charge in [0, 0.05) is 20.3 Å². The van der Waals surface area contributed by atoms with Crippen LogP contribution < -0.4 is 16.0 Å². The maximum Gasteiger partial charge on any atom is 0.364 e. The van der Waals surface area contributed by atoms with Crippen molar-refractivity contribution in [3.05, 3.63) is 0 Å². The van der Waals surface area contributed by atoms with Crippen LogP contribution in [0.15, 0.2) is 0 Å². The molecule has 0 unspecified atom stereocenters. The van der Waals surface area contributed by atoms with Gasteiger partial charge >= 0.3 is 5.97 Å². The Hall–Kier alpha value is -3.52. The van der Waals surface area contributed by atoms with Crippen molar-refractivity contribution in [3.8, 4) is 0 Å². The minimum absolute atomic E-state index is 0.252. The average molecular weight is 1410 g/mol. The molecule has 37 atom stereocenters. The zero-order valence-corrected chi connectivity index (χ0v) is 51.4. The van der Waals surface area contributed by atoms with Gasteiger partial charge in [0.1, 0.15) is 159 Å². The lowest BCUT2D eigenvalue weighted by atomic mass is 9.88. The smallest absolute Gasteiger partial charge is 0.364 e. The normalized spacial score (nSPS) is 46.4. The van der Waals surface area contributed by atoms with Crippen LogP contribution in [0.1, 0.15) is 27.2 Å². The van der Waals surface area contributed by atoms with Crippen molar-refractivity contribution in [1.29, 1.82) is 0 Å². The van der Waals surface area contributed by atoms with E-state index in [-0.39, 0.29) is 6.41 Å². The summed E-state index contributed by atoms with van der Waals surface area (Å²) < 4.78 is 81.6. The Kier molecular flexibility index (Phi) is 29.0. The van der Waals surface area contributed by atoms with Gasteiger partial charge in [-0.2, -0.15) is 0 Å². The highest BCUT2D eigenvalue weighted by molar-refractivity contribution is 5.77. The largest absolute Gasteiger partial charge is 0.477 e. The van der Waals surface area contributed by atoms with Crippen molar-refractivity contribution < 1.29 is 198 Å². The summed E-state index contributed by atoms with van der Waals surface area (Å²) in [6.07, 6.45) is -70.2. The fourth-order valence-electron chi connectivity index (χ4n) is 12.0. The molecule has 556 valence electrons. The number of aliphatic carboxylic acids is 1. The van der Waals surface area contributed by atoms with E-state index in [1.54, 1.807) is 0 Å². The summed E-state index contributed by atoms with van der Waals surface area (Å²) in [5, 5.41) is 248. The Morgan fingerprint density at radius 1 is 0.490 bits per heavy atom. The average Bonchev–Trinajstić information content (AvgIpc) is 0.762. The molecular formula is C53H89N3O40. The Morgan fingerprint density at radius 2 is 0.917 bits per heavy atom. The van der Waals surface area contributed by atoms with E-state index >= 15 is 0 Å². The highest BCUT2D eigenvalue weighted by atomic mass is 16.8. The number of nitrogens with one attached hydrogen (secondary N) is 3. The van der Waals surface area contributed by atoms with Crippen LogP contribution >= 0.6 is 0 Å². The zero-order valence-electron chi connectivity index (χ0n) is 51.4. The molecule has 7 saturated heterocycles. The Morgan fingerprint density at radius 3 is 1.41 bits per heavy atom. The van der Waals surface area contributed by atoms with Gasteiger partial charge in [0.25, 0.3) is 5.79 Å².